The molecule has 2 N–H and O–H groups in total. The van der Waals surface area contributed by atoms with Crippen molar-refractivity contribution >= 4 is 53.1 Å². The molecule has 0 amide bonds. The fourth-order valence-corrected chi connectivity index (χ4v) is 3.76. The first kappa shape index (κ1) is 24.8. The van der Waals surface area contributed by atoms with E-state index in [1.807, 2.05) is 25.1 Å². The van der Waals surface area contributed by atoms with Crippen molar-refractivity contribution in [2.24, 2.45) is 4.99 Å². The molecule has 0 aromatic heterocycles. The van der Waals surface area contributed by atoms with Crippen LogP contribution in [0.5, 0.6) is 0 Å². The number of nitrogens with zero attached hydrogens (tertiary/aromatic N) is 1. The first-order valence-corrected chi connectivity index (χ1v) is 10.00. The maximum atomic E-state index is 6.53. The lowest BCUT2D eigenvalue weighted by molar-refractivity contribution is 0.0531. The van der Waals surface area contributed by atoms with E-state index in [0.29, 0.717) is 43.0 Å². The summed E-state index contributed by atoms with van der Waals surface area (Å²) < 4.78 is 11.0. The van der Waals surface area contributed by atoms with Gasteiger partial charge in [-0.3, -0.25) is 4.99 Å². The molecule has 1 heterocycles. The van der Waals surface area contributed by atoms with Gasteiger partial charge in [0.15, 0.2) is 5.96 Å². The third-order valence-corrected chi connectivity index (χ3v) is 5.13. The van der Waals surface area contributed by atoms with E-state index >= 15 is 0 Å². The summed E-state index contributed by atoms with van der Waals surface area (Å²) in [6, 6.07) is 5.74. The second kappa shape index (κ2) is 13.0. The molecule has 0 radical (unpaired) electrons. The molecule has 0 atom stereocenters. The van der Waals surface area contributed by atoms with E-state index in [4.69, 9.17) is 37.7 Å². The maximum absolute atomic E-state index is 6.53. The lowest BCUT2D eigenvalue weighted by atomic mass is 9.74. The van der Waals surface area contributed by atoms with Crippen LogP contribution in [0.1, 0.15) is 32.3 Å². The molecule has 1 aliphatic heterocycles. The van der Waals surface area contributed by atoms with Crippen molar-refractivity contribution < 1.29 is 9.47 Å². The van der Waals surface area contributed by atoms with Crippen LogP contribution in [-0.2, 0) is 14.9 Å². The van der Waals surface area contributed by atoms with Crippen LogP contribution in [0.15, 0.2) is 23.2 Å². The first-order valence-electron chi connectivity index (χ1n) is 9.24. The Balaban J connectivity index is 0.00000364. The minimum absolute atomic E-state index is 0. The maximum Gasteiger partial charge on any atom is 0.191 e. The van der Waals surface area contributed by atoms with E-state index in [1.54, 1.807) is 0 Å². The van der Waals surface area contributed by atoms with E-state index in [-0.39, 0.29) is 29.4 Å². The molecule has 1 fully saturated rings. The highest BCUT2D eigenvalue weighted by Gasteiger charge is 2.36. The highest BCUT2D eigenvalue weighted by molar-refractivity contribution is 14.0. The van der Waals surface area contributed by atoms with Gasteiger partial charge >= 0.3 is 0 Å². The van der Waals surface area contributed by atoms with Crippen LogP contribution in [0.2, 0.25) is 10.0 Å². The second-order valence-corrected chi connectivity index (χ2v) is 7.18. The van der Waals surface area contributed by atoms with Crippen molar-refractivity contribution in [1.82, 2.24) is 10.6 Å². The molecule has 1 aliphatic rings. The molecular formula is C19H30Cl2IN3O2. The summed E-state index contributed by atoms with van der Waals surface area (Å²) in [6.07, 6.45) is 1.77. The van der Waals surface area contributed by atoms with Crippen molar-refractivity contribution in [3.63, 3.8) is 0 Å². The average Bonchev–Trinajstić information content (AvgIpc) is 2.64. The molecular weight excluding hydrogens is 500 g/mol. The Labute approximate surface area is 189 Å². The molecule has 0 saturated carbocycles. The van der Waals surface area contributed by atoms with Crippen LogP contribution in [0, 0.1) is 0 Å². The lowest BCUT2D eigenvalue weighted by Crippen LogP contribution is -2.42. The van der Waals surface area contributed by atoms with Gasteiger partial charge in [0.2, 0.25) is 0 Å². The standard InChI is InChI=1S/C19H29Cl2N3O2.HI/c1-3-22-18(23-9-12-25-4-2)24-14-19(7-10-26-11-8-19)16-6-5-15(20)13-17(16)21;/h5-6,13H,3-4,7-12,14H2,1-2H3,(H2,22,23,24);1H. The fraction of sp³-hybridized carbons (Fsp3) is 0.632. The SMILES string of the molecule is CCNC(=NCC1(c2ccc(Cl)cc2Cl)CCOCC1)NCCOCC.I. The highest BCUT2D eigenvalue weighted by Crippen LogP contribution is 2.39. The Morgan fingerprint density at radius 1 is 1.22 bits per heavy atom. The van der Waals surface area contributed by atoms with Gasteiger partial charge in [0, 0.05) is 48.4 Å². The predicted octanol–water partition coefficient (Wildman–Crippen LogP) is 4.25. The zero-order valence-electron chi connectivity index (χ0n) is 16.0. The Kier molecular flexibility index (Phi) is 12.0. The third kappa shape index (κ3) is 7.57. The zero-order valence-corrected chi connectivity index (χ0v) is 19.9. The van der Waals surface area contributed by atoms with Crippen molar-refractivity contribution in [2.75, 3.05) is 46.1 Å². The van der Waals surface area contributed by atoms with Crippen LogP contribution in [0.3, 0.4) is 0 Å². The number of benzene rings is 1. The molecule has 154 valence electrons. The number of hydrogen-bond donors (Lipinski definition) is 2. The molecule has 8 heteroatoms. The van der Waals surface area contributed by atoms with Crippen molar-refractivity contribution in [3.8, 4) is 0 Å². The summed E-state index contributed by atoms with van der Waals surface area (Å²) in [5.41, 5.74) is 0.961. The quantitative estimate of drug-likeness (QED) is 0.229. The van der Waals surface area contributed by atoms with E-state index < -0.39 is 0 Å². The van der Waals surface area contributed by atoms with Gasteiger partial charge in [-0.05, 0) is 44.4 Å². The summed E-state index contributed by atoms with van der Waals surface area (Å²) >= 11 is 12.6. The molecule has 1 saturated heterocycles. The zero-order chi connectivity index (χ0) is 18.8. The Hall–Kier alpha value is -0.280. The number of hydrogen-bond acceptors (Lipinski definition) is 3. The fourth-order valence-electron chi connectivity index (χ4n) is 3.15. The second-order valence-electron chi connectivity index (χ2n) is 6.34. The van der Waals surface area contributed by atoms with Crippen LogP contribution >= 0.6 is 47.2 Å². The molecule has 1 aromatic carbocycles. The average molecular weight is 530 g/mol. The smallest absolute Gasteiger partial charge is 0.191 e. The van der Waals surface area contributed by atoms with Crippen molar-refractivity contribution in [1.29, 1.82) is 0 Å². The van der Waals surface area contributed by atoms with Gasteiger partial charge in [-0.15, -0.1) is 24.0 Å². The Morgan fingerprint density at radius 2 is 1.96 bits per heavy atom. The number of nitrogens with one attached hydrogen (secondary N) is 2. The molecule has 2 rings (SSSR count). The van der Waals surface area contributed by atoms with Crippen LogP contribution < -0.4 is 10.6 Å². The molecule has 5 nitrogen and oxygen atoms in total. The molecule has 0 spiro atoms. The van der Waals surface area contributed by atoms with Gasteiger partial charge < -0.3 is 20.1 Å². The van der Waals surface area contributed by atoms with Crippen molar-refractivity contribution in [3.05, 3.63) is 33.8 Å². The topological polar surface area (TPSA) is 54.9 Å². The number of ether oxygens (including phenoxy) is 2. The van der Waals surface area contributed by atoms with Gasteiger partial charge in [0.05, 0.1) is 13.2 Å². The third-order valence-electron chi connectivity index (χ3n) is 4.58. The van der Waals surface area contributed by atoms with Crippen molar-refractivity contribution in [2.45, 2.75) is 32.1 Å². The summed E-state index contributed by atoms with van der Waals surface area (Å²) in [5, 5.41) is 7.95. The molecule has 1 aromatic rings. The van der Waals surface area contributed by atoms with Gasteiger partial charge in [-0.25, -0.2) is 0 Å². The molecule has 0 aliphatic carbocycles. The Bertz CT molecular complexity index is 596. The minimum Gasteiger partial charge on any atom is -0.381 e. The molecule has 0 bridgehead atoms. The monoisotopic (exact) mass is 529 g/mol. The van der Waals surface area contributed by atoms with Crippen LogP contribution in [-0.4, -0.2) is 52.0 Å². The Morgan fingerprint density at radius 3 is 2.59 bits per heavy atom. The normalized spacial score (nSPS) is 16.5. The first-order chi connectivity index (χ1) is 12.6. The number of rotatable bonds is 8. The van der Waals surface area contributed by atoms with E-state index in [1.165, 1.54) is 0 Å². The number of guanidine groups is 1. The van der Waals surface area contributed by atoms with Crippen LogP contribution in [0.25, 0.3) is 0 Å². The van der Waals surface area contributed by atoms with Gasteiger partial charge in [-0.2, -0.15) is 0 Å². The number of aliphatic imine (C=N–C) groups is 1. The van der Waals surface area contributed by atoms with E-state index in [2.05, 4.69) is 17.6 Å². The predicted molar refractivity (Wildman–Crippen MR) is 124 cm³/mol. The minimum atomic E-state index is -0.137. The molecule has 27 heavy (non-hydrogen) atoms. The van der Waals surface area contributed by atoms with E-state index in [0.717, 1.165) is 37.5 Å². The summed E-state index contributed by atoms with van der Waals surface area (Å²) in [4.78, 5) is 4.84. The summed E-state index contributed by atoms with van der Waals surface area (Å²) in [7, 11) is 0. The lowest BCUT2D eigenvalue weighted by Gasteiger charge is -2.37. The van der Waals surface area contributed by atoms with E-state index in [9.17, 15) is 0 Å². The van der Waals surface area contributed by atoms with Gasteiger partial charge in [0.1, 0.15) is 0 Å². The molecule has 0 unspecified atom stereocenters. The highest BCUT2D eigenvalue weighted by atomic mass is 127. The largest absolute Gasteiger partial charge is 0.381 e. The van der Waals surface area contributed by atoms with Gasteiger partial charge in [-0.1, -0.05) is 29.3 Å². The van der Waals surface area contributed by atoms with Gasteiger partial charge in [0.25, 0.3) is 0 Å². The number of halogens is 3. The summed E-state index contributed by atoms with van der Waals surface area (Å²) in [6.45, 7) is 9.00. The summed E-state index contributed by atoms with van der Waals surface area (Å²) in [5.74, 6) is 0.795. The van der Waals surface area contributed by atoms with Crippen LogP contribution in [0.4, 0.5) is 0 Å².